The number of fused-ring (bicyclic) bond motifs is 1. The normalized spacial score (nSPS) is 25.1. The molecule has 0 aromatic heterocycles. The largest absolute Gasteiger partial charge is 0.459 e. The SMILES string of the molecule is CC(C)(C)[C@H](NC(=O)NC1(C(=O)OCc2ccccc2)CCCCC1)C(=O)N1C[C@H]2[C@@H]([C@H]1C(=O)NC(CC1CCC1)C(=O)C(N)=O)C2(C)C. The van der Waals surface area contributed by atoms with Crippen LogP contribution in [0.15, 0.2) is 30.3 Å². The number of ketones is 1. The number of Topliss-reactive ketones (excluding diaryl/α,β-unsaturated/α-hetero) is 1. The second kappa shape index (κ2) is 14.1. The lowest BCUT2D eigenvalue weighted by atomic mass is 9.80. The van der Waals surface area contributed by atoms with E-state index in [-0.39, 0.29) is 29.8 Å². The average Bonchev–Trinajstić information content (AvgIpc) is 3.33. The van der Waals surface area contributed by atoms with E-state index in [0.717, 1.165) is 44.1 Å². The molecule has 0 spiro atoms. The van der Waals surface area contributed by atoms with Crippen LogP contribution >= 0.6 is 0 Å². The maximum atomic E-state index is 14.4. The zero-order chi connectivity index (χ0) is 35.7. The molecule has 1 aromatic rings. The smallest absolute Gasteiger partial charge is 0.332 e. The molecular weight excluding hydrogens is 626 g/mol. The topological polar surface area (TPSA) is 177 Å². The number of ether oxygens (including phenoxy) is 1. The molecule has 49 heavy (non-hydrogen) atoms. The van der Waals surface area contributed by atoms with Crippen LogP contribution in [0.2, 0.25) is 0 Å². The number of likely N-dealkylation sites (tertiary alicyclic amines) is 1. The van der Waals surface area contributed by atoms with Crippen molar-refractivity contribution in [3.05, 3.63) is 35.9 Å². The van der Waals surface area contributed by atoms with Gasteiger partial charge in [-0.2, -0.15) is 0 Å². The number of carbonyl (C=O) groups is 6. The van der Waals surface area contributed by atoms with Crippen molar-refractivity contribution in [2.45, 2.75) is 123 Å². The van der Waals surface area contributed by atoms with Crippen LogP contribution < -0.4 is 21.7 Å². The molecular formula is C37H53N5O7. The number of hydrogen-bond acceptors (Lipinski definition) is 7. The van der Waals surface area contributed by atoms with Crippen LogP contribution in [0, 0.1) is 28.6 Å². The number of carbonyl (C=O) groups excluding carboxylic acids is 6. The molecule has 12 nitrogen and oxygen atoms in total. The molecule has 1 aromatic carbocycles. The van der Waals surface area contributed by atoms with E-state index in [2.05, 4.69) is 29.8 Å². The second-order valence-electron chi connectivity index (χ2n) is 16.3. The predicted molar refractivity (Wildman–Crippen MR) is 181 cm³/mol. The Balaban J connectivity index is 1.31. The highest BCUT2D eigenvalue weighted by Crippen LogP contribution is 2.65. The quantitative estimate of drug-likeness (QED) is 0.193. The van der Waals surface area contributed by atoms with Crippen molar-refractivity contribution in [2.75, 3.05) is 6.54 Å². The highest BCUT2D eigenvalue weighted by molar-refractivity contribution is 6.37. The zero-order valence-electron chi connectivity index (χ0n) is 29.5. The van der Waals surface area contributed by atoms with Gasteiger partial charge in [-0.15, -0.1) is 0 Å². The van der Waals surface area contributed by atoms with Crippen molar-refractivity contribution < 1.29 is 33.5 Å². The Morgan fingerprint density at radius 1 is 0.959 bits per heavy atom. The maximum absolute atomic E-state index is 14.4. The summed E-state index contributed by atoms with van der Waals surface area (Å²) in [4.78, 5) is 81.8. The minimum Gasteiger partial charge on any atom is -0.459 e. The van der Waals surface area contributed by atoms with Crippen molar-refractivity contribution in [1.29, 1.82) is 0 Å². The number of piperidine rings is 1. The van der Waals surface area contributed by atoms with E-state index in [0.29, 0.717) is 25.8 Å². The Morgan fingerprint density at radius 2 is 1.61 bits per heavy atom. The predicted octanol–water partition coefficient (Wildman–Crippen LogP) is 3.36. The molecule has 12 heteroatoms. The van der Waals surface area contributed by atoms with Crippen LogP contribution in [0.1, 0.15) is 98.0 Å². The molecule has 3 saturated carbocycles. The number of nitrogens with zero attached hydrogens (tertiary/aromatic N) is 1. The molecule has 0 radical (unpaired) electrons. The van der Waals surface area contributed by atoms with Crippen LogP contribution in [0.3, 0.4) is 0 Å². The lowest BCUT2D eigenvalue weighted by Gasteiger charge is -2.39. The van der Waals surface area contributed by atoms with Crippen LogP contribution in [0.25, 0.3) is 0 Å². The van der Waals surface area contributed by atoms with E-state index in [1.165, 1.54) is 4.90 Å². The molecule has 5 N–H and O–H groups in total. The van der Waals surface area contributed by atoms with E-state index in [9.17, 15) is 28.8 Å². The van der Waals surface area contributed by atoms with E-state index in [1.54, 1.807) is 0 Å². The van der Waals surface area contributed by atoms with Gasteiger partial charge in [0, 0.05) is 6.54 Å². The molecule has 5 atom stereocenters. The lowest BCUT2D eigenvalue weighted by Crippen LogP contribution is -2.64. The van der Waals surface area contributed by atoms with Gasteiger partial charge in [-0.3, -0.25) is 19.2 Å². The summed E-state index contributed by atoms with van der Waals surface area (Å²) in [5.74, 6) is -3.24. The first-order valence-corrected chi connectivity index (χ1v) is 17.8. The lowest BCUT2D eigenvalue weighted by molar-refractivity contribution is -0.154. The third kappa shape index (κ3) is 7.78. The van der Waals surface area contributed by atoms with Crippen LogP contribution in [-0.4, -0.2) is 70.6 Å². The van der Waals surface area contributed by atoms with Gasteiger partial charge in [-0.25, -0.2) is 9.59 Å². The molecule has 4 fully saturated rings. The van der Waals surface area contributed by atoms with Gasteiger partial charge < -0.3 is 31.3 Å². The minimum atomic E-state index is -1.23. The molecule has 5 amide bonds. The highest BCUT2D eigenvalue weighted by Gasteiger charge is 2.70. The molecule has 1 aliphatic heterocycles. The monoisotopic (exact) mass is 679 g/mol. The number of esters is 1. The summed E-state index contributed by atoms with van der Waals surface area (Å²) >= 11 is 0. The molecule has 1 unspecified atom stereocenters. The number of benzene rings is 1. The van der Waals surface area contributed by atoms with Gasteiger partial charge in [0.1, 0.15) is 24.2 Å². The summed E-state index contributed by atoms with van der Waals surface area (Å²) in [6.07, 6.45) is 6.44. The standard InChI is InChI=1S/C37H53N5O7/c1-35(2,3)29(40-34(48)41-37(17-10-7-11-18-37)33(47)49-21-23-13-8-6-9-14-23)32(46)42-20-24-26(36(24,4)5)27(42)31(45)39-25(28(43)30(38)44)19-22-15-12-16-22/h6,8-9,13-14,22,24-27,29H,7,10-12,15-21H2,1-5H3,(H2,38,44)(H,39,45)(H2,40,41,48)/t24-,25?,26-,27-,29+/m0/s1. The van der Waals surface area contributed by atoms with Crippen LogP contribution in [0.4, 0.5) is 4.79 Å². The highest BCUT2D eigenvalue weighted by atomic mass is 16.5. The summed E-state index contributed by atoms with van der Waals surface area (Å²) < 4.78 is 5.69. The maximum Gasteiger partial charge on any atom is 0.332 e. The van der Waals surface area contributed by atoms with E-state index >= 15 is 0 Å². The Kier molecular flexibility index (Phi) is 10.5. The zero-order valence-corrected chi connectivity index (χ0v) is 29.5. The molecule has 1 saturated heterocycles. The van der Waals surface area contributed by atoms with E-state index in [4.69, 9.17) is 10.5 Å². The Morgan fingerprint density at radius 3 is 2.18 bits per heavy atom. The molecule has 268 valence electrons. The van der Waals surface area contributed by atoms with Crippen LogP contribution in [-0.2, 0) is 35.3 Å². The number of hydrogen-bond donors (Lipinski definition) is 4. The fourth-order valence-electron chi connectivity index (χ4n) is 8.13. The van der Waals surface area contributed by atoms with E-state index < -0.39 is 64.6 Å². The summed E-state index contributed by atoms with van der Waals surface area (Å²) in [6.45, 7) is 9.99. The first-order chi connectivity index (χ1) is 23.0. The fourth-order valence-corrected chi connectivity index (χ4v) is 8.13. The summed E-state index contributed by atoms with van der Waals surface area (Å²) in [5.41, 5.74) is 3.99. The third-order valence-corrected chi connectivity index (χ3v) is 11.5. The Labute approximate surface area is 289 Å². The second-order valence-corrected chi connectivity index (χ2v) is 16.3. The number of nitrogens with one attached hydrogen (secondary N) is 3. The van der Waals surface area contributed by atoms with Crippen molar-refractivity contribution in [1.82, 2.24) is 20.9 Å². The van der Waals surface area contributed by atoms with Crippen LogP contribution in [0.5, 0.6) is 0 Å². The number of rotatable bonds is 12. The van der Waals surface area contributed by atoms with E-state index in [1.807, 2.05) is 51.1 Å². The number of nitrogens with two attached hydrogens (primary N) is 1. The van der Waals surface area contributed by atoms with Crippen molar-refractivity contribution in [3.63, 3.8) is 0 Å². The first kappa shape index (κ1) is 36.3. The minimum absolute atomic E-state index is 0.0588. The van der Waals surface area contributed by atoms with Gasteiger partial charge >= 0.3 is 12.0 Å². The van der Waals surface area contributed by atoms with Gasteiger partial charge in [0.25, 0.3) is 5.91 Å². The van der Waals surface area contributed by atoms with Gasteiger partial charge in [-0.1, -0.05) is 103 Å². The molecule has 4 aliphatic rings. The fraction of sp³-hybridized carbons (Fsp3) is 0.676. The van der Waals surface area contributed by atoms with Crippen molar-refractivity contribution in [3.8, 4) is 0 Å². The Bertz CT molecular complexity index is 1440. The number of urea groups is 1. The van der Waals surface area contributed by atoms with Gasteiger partial charge in [0.15, 0.2) is 0 Å². The molecule has 0 bridgehead atoms. The van der Waals surface area contributed by atoms with Crippen molar-refractivity contribution in [2.24, 2.45) is 34.3 Å². The Hall–Kier alpha value is -3.96. The molecule has 5 rings (SSSR count). The van der Waals surface area contributed by atoms with Crippen molar-refractivity contribution >= 4 is 35.5 Å². The van der Waals surface area contributed by atoms with Gasteiger partial charge in [0.05, 0.1) is 6.04 Å². The molecule has 1 heterocycles. The summed E-state index contributed by atoms with van der Waals surface area (Å²) in [6, 6.07) is 5.69. The molecule has 3 aliphatic carbocycles. The summed E-state index contributed by atoms with van der Waals surface area (Å²) in [5, 5.41) is 8.57. The number of amides is 5. The van der Waals surface area contributed by atoms with Gasteiger partial charge in [-0.05, 0) is 53.4 Å². The first-order valence-electron chi connectivity index (χ1n) is 17.8. The number of primary amides is 1. The third-order valence-electron chi connectivity index (χ3n) is 11.5. The van der Waals surface area contributed by atoms with Gasteiger partial charge in [0.2, 0.25) is 17.6 Å². The summed E-state index contributed by atoms with van der Waals surface area (Å²) in [7, 11) is 0. The average molecular weight is 680 g/mol.